The summed E-state index contributed by atoms with van der Waals surface area (Å²) in [5.74, 6) is 2.00. The van der Waals surface area contributed by atoms with Crippen LogP contribution in [0.3, 0.4) is 0 Å². The van der Waals surface area contributed by atoms with Crippen molar-refractivity contribution in [2.75, 3.05) is 29.1 Å². The van der Waals surface area contributed by atoms with Crippen LogP contribution in [-0.2, 0) is 10.0 Å². The first-order chi connectivity index (χ1) is 11.1. The van der Waals surface area contributed by atoms with Crippen LogP contribution >= 0.6 is 0 Å². The monoisotopic (exact) mass is 339 g/mol. The van der Waals surface area contributed by atoms with Gasteiger partial charge in [0, 0.05) is 31.2 Å². The molecule has 1 aromatic heterocycles. The van der Waals surface area contributed by atoms with Crippen molar-refractivity contribution in [2.24, 2.45) is 0 Å². The van der Waals surface area contributed by atoms with Gasteiger partial charge in [0.2, 0.25) is 10.0 Å². The van der Waals surface area contributed by atoms with Crippen molar-refractivity contribution in [1.29, 1.82) is 0 Å². The third-order valence-electron chi connectivity index (χ3n) is 4.22. The Morgan fingerprint density at radius 3 is 2.57 bits per heavy atom. The molecule has 0 unspecified atom stereocenters. The van der Waals surface area contributed by atoms with Crippen molar-refractivity contribution in [3.8, 4) is 0 Å². The lowest BCUT2D eigenvalue weighted by molar-refractivity contribution is 0.458. The quantitative estimate of drug-likeness (QED) is 0.780. The van der Waals surface area contributed by atoms with Gasteiger partial charge in [0.05, 0.1) is 5.75 Å². The van der Waals surface area contributed by atoms with Crippen LogP contribution in [-0.4, -0.2) is 49.3 Å². The van der Waals surface area contributed by atoms with Gasteiger partial charge < -0.3 is 10.2 Å². The highest BCUT2D eigenvalue weighted by molar-refractivity contribution is 7.89. The van der Waals surface area contributed by atoms with Crippen LogP contribution < -0.4 is 14.9 Å². The molecule has 2 N–H and O–H groups in total. The largest absolute Gasteiger partial charge is 0.367 e. The number of nitrogens with zero attached hydrogens (tertiary/aromatic N) is 3. The summed E-state index contributed by atoms with van der Waals surface area (Å²) in [6.07, 6.45) is 6.27. The highest BCUT2D eigenvalue weighted by Gasteiger charge is 2.25. The summed E-state index contributed by atoms with van der Waals surface area (Å²) in [6.45, 7) is 3.49. The minimum absolute atomic E-state index is 0.0358. The summed E-state index contributed by atoms with van der Waals surface area (Å²) in [4.78, 5) is 10.8. The second kappa shape index (κ2) is 7.00. The van der Waals surface area contributed by atoms with Gasteiger partial charge in [0.25, 0.3) is 0 Å². The highest BCUT2D eigenvalue weighted by atomic mass is 32.2. The third-order valence-corrected chi connectivity index (χ3v) is 5.86. The molecule has 0 aromatic carbocycles. The van der Waals surface area contributed by atoms with E-state index >= 15 is 0 Å². The maximum atomic E-state index is 11.8. The summed E-state index contributed by atoms with van der Waals surface area (Å²) < 4.78 is 26.5. The lowest BCUT2D eigenvalue weighted by Gasteiger charge is -2.33. The predicted octanol–water partition coefficient (Wildman–Crippen LogP) is 1.35. The number of rotatable bonds is 7. The Bertz CT molecular complexity index is 625. The van der Waals surface area contributed by atoms with Gasteiger partial charge in [-0.25, -0.2) is 23.1 Å². The van der Waals surface area contributed by atoms with Crippen molar-refractivity contribution in [3.63, 3.8) is 0 Å². The minimum atomic E-state index is -3.13. The van der Waals surface area contributed by atoms with Gasteiger partial charge in [-0.3, -0.25) is 0 Å². The Morgan fingerprint density at radius 2 is 1.91 bits per heavy atom. The predicted molar refractivity (Wildman–Crippen MR) is 91.1 cm³/mol. The van der Waals surface area contributed by atoms with Gasteiger partial charge >= 0.3 is 0 Å². The van der Waals surface area contributed by atoms with E-state index in [1.807, 2.05) is 13.0 Å². The summed E-state index contributed by atoms with van der Waals surface area (Å²) in [6, 6.07) is 2.59. The van der Waals surface area contributed by atoms with E-state index in [1.165, 1.54) is 12.8 Å². The lowest BCUT2D eigenvalue weighted by Crippen LogP contribution is -2.45. The standard InChI is InChI=1S/C15H25N5O2S/c1-2-9-23(21,22)19-13-5-7-20(8-6-13)15-10-14(16-11-17-15)18-12-3-4-12/h10-13,19H,2-9H2,1H3,(H,16,17,18). The first kappa shape index (κ1) is 16.4. The van der Waals surface area contributed by atoms with E-state index in [9.17, 15) is 8.42 Å². The minimum Gasteiger partial charge on any atom is -0.367 e. The van der Waals surface area contributed by atoms with Crippen LogP contribution in [0, 0.1) is 0 Å². The third kappa shape index (κ3) is 4.78. The number of aromatic nitrogens is 2. The van der Waals surface area contributed by atoms with E-state index in [2.05, 4.69) is 24.9 Å². The average molecular weight is 339 g/mol. The van der Waals surface area contributed by atoms with Gasteiger partial charge in [0.15, 0.2) is 0 Å². The van der Waals surface area contributed by atoms with E-state index in [-0.39, 0.29) is 11.8 Å². The second-order valence-corrected chi connectivity index (χ2v) is 8.25. The fraction of sp³-hybridized carbons (Fsp3) is 0.733. The Balaban J connectivity index is 1.54. The molecular weight excluding hydrogens is 314 g/mol. The summed E-state index contributed by atoms with van der Waals surface area (Å²) >= 11 is 0. The number of hydrogen-bond donors (Lipinski definition) is 2. The van der Waals surface area contributed by atoms with E-state index in [0.29, 0.717) is 12.5 Å². The highest BCUT2D eigenvalue weighted by Crippen LogP contribution is 2.25. The molecular formula is C15H25N5O2S. The molecule has 7 nitrogen and oxygen atoms in total. The van der Waals surface area contributed by atoms with Gasteiger partial charge in [-0.15, -0.1) is 0 Å². The smallest absolute Gasteiger partial charge is 0.211 e. The molecule has 1 saturated carbocycles. The van der Waals surface area contributed by atoms with Crippen LogP contribution in [0.15, 0.2) is 12.4 Å². The second-order valence-electron chi connectivity index (χ2n) is 6.38. The zero-order chi connectivity index (χ0) is 16.3. The molecule has 1 aromatic rings. The first-order valence-electron chi connectivity index (χ1n) is 8.39. The molecule has 0 spiro atoms. The summed E-state index contributed by atoms with van der Waals surface area (Å²) in [5.41, 5.74) is 0. The number of nitrogens with one attached hydrogen (secondary N) is 2. The fourth-order valence-corrected chi connectivity index (χ4v) is 4.24. The molecule has 0 amide bonds. The normalized spacial score (nSPS) is 19.8. The molecule has 3 rings (SSSR count). The summed E-state index contributed by atoms with van der Waals surface area (Å²) in [7, 11) is -3.13. The van der Waals surface area contributed by atoms with Crippen LogP contribution in [0.1, 0.15) is 39.0 Å². The maximum absolute atomic E-state index is 11.8. The molecule has 2 heterocycles. The van der Waals surface area contributed by atoms with Crippen molar-refractivity contribution in [2.45, 2.75) is 51.1 Å². The van der Waals surface area contributed by atoms with Crippen LogP contribution in [0.2, 0.25) is 0 Å². The van der Waals surface area contributed by atoms with Crippen molar-refractivity contribution >= 4 is 21.7 Å². The number of piperidine rings is 1. The van der Waals surface area contributed by atoms with Crippen LogP contribution in [0.25, 0.3) is 0 Å². The molecule has 128 valence electrons. The Morgan fingerprint density at radius 1 is 1.17 bits per heavy atom. The molecule has 2 aliphatic rings. The SMILES string of the molecule is CCCS(=O)(=O)NC1CCN(c2cc(NC3CC3)ncn2)CC1. The van der Waals surface area contributed by atoms with Crippen molar-refractivity contribution < 1.29 is 8.42 Å². The first-order valence-corrected chi connectivity index (χ1v) is 10.0. The maximum Gasteiger partial charge on any atom is 0.211 e. The molecule has 8 heteroatoms. The average Bonchev–Trinajstić information content (AvgIpc) is 3.32. The van der Waals surface area contributed by atoms with Gasteiger partial charge in [0.1, 0.15) is 18.0 Å². The Labute approximate surface area is 137 Å². The zero-order valence-electron chi connectivity index (χ0n) is 13.5. The number of anilines is 2. The molecule has 1 aliphatic carbocycles. The lowest BCUT2D eigenvalue weighted by atomic mass is 10.1. The van der Waals surface area contributed by atoms with E-state index in [1.54, 1.807) is 6.33 Å². The van der Waals surface area contributed by atoms with Gasteiger partial charge in [-0.05, 0) is 32.1 Å². The Hall–Kier alpha value is -1.41. The van der Waals surface area contributed by atoms with E-state index < -0.39 is 10.0 Å². The fourth-order valence-electron chi connectivity index (χ4n) is 2.84. The van der Waals surface area contributed by atoms with Gasteiger partial charge in [-0.1, -0.05) is 6.92 Å². The van der Waals surface area contributed by atoms with E-state index in [0.717, 1.165) is 37.6 Å². The topological polar surface area (TPSA) is 87.2 Å². The van der Waals surface area contributed by atoms with E-state index in [4.69, 9.17) is 0 Å². The van der Waals surface area contributed by atoms with Gasteiger partial charge in [-0.2, -0.15) is 0 Å². The Kier molecular flexibility index (Phi) is 5.01. The molecule has 0 bridgehead atoms. The molecule has 0 radical (unpaired) electrons. The molecule has 1 aliphatic heterocycles. The number of hydrogen-bond acceptors (Lipinski definition) is 6. The number of sulfonamides is 1. The van der Waals surface area contributed by atoms with Crippen LogP contribution in [0.4, 0.5) is 11.6 Å². The molecule has 1 saturated heterocycles. The molecule has 0 atom stereocenters. The summed E-state index contributed by atoms with van der Waals surface area (Å²) in [5, 5.41) is 3.38. The molecule has 2 fully saturated rings. The van der Waals surface area contributed by atoms with Crippen molar-refractivity contribution in [1.82, 2.24) is 14.7 Å². The van der Waals surface area contributed by atoms with Crippen molar-refractivity contribution in [3.05, 3.63) is 12.4 Å². The molecule has 23 heavy (non-hydrogen) atoms. The zero-order valence-corrected chi connectivity index (χ0v) is 14.3. The van der Waals surface area contributed by atoms with Crippen LogP contribution in [0.5, 0.6) is 0 Å².